The summed E-state index contributed by atoms with van der Waals surface area (Å²) in [5.41, 5.74) is 1.53. The number of halogens is 1. The Kier molecular flexibility index (Phi) is 3.55. The van der Waals surface area contributed by atoms with Gasteiger partial charge in [-0.15, -0.1) is 0 Å². The van der Waals surface area contributed by atoms with E-state index in [4.69, 9.17) is 0 Å². The zero-order valence-electron chi connectivity index (χ0n) is 8.04. The monoisotopic (exact) mass is 277 g/mol. The molecular formula is C9H12BrNO2S. The zero-order chi connectivity index (χ0) is 10.8. The van der Waals surface area contributed by atoms with Crippen LogP contribution in [0.2, 0.25) is 0 Å². The number of nitrogens with one attached hydrogen (secondary N) is 1. The molecule has 5 heteroatoms. The summed E-state index contributed by atoms with van der Waals surface area (Å²) in [5.74, 6) is 0.0823. The molecule has 3 nitrogen and oxygen atoms in total. The van der Waals surface area contributed by atoms with Crippen molar-refractivity contribution in [2.45, 2.75) is 13.8 Å². The molecule has 1 N–H and O–H groups in total. The van der Waals surface area contributed by atoms with Gasteiger partial charge in [0.25, 0.3) is 0 Å². The number of aryl methyl sites for hydroxylation is 1. The predicted molar refractivity (Wildman–Crippen MR) is 62.0 cm³/mol. The lowest BCUT2D eigenvalue weighted by Crippen LogP contribution is -2.15. The van der Waals surface area contributed by atoms with Crippen molar-refractivity contribution in [3.05, 3.63) is 28.2 Å². The molecule has 0 aromatic heterocycles. The molecular weight excluding hydrogens is 266 g/mol. The lowest BCUT2D eigenvalue weighted by Gasteiger charge is -2.09. The first-order valence-corrected chi connectivity index (χ1v) is 6.66. The van der Waals surface area contributed by atoms with Crippen LogP contribution in [0.4, 0.5) is 5.69 Å². The van der Waals surface area contributed by atoms with Crippen molar-refractivity contribution in [1.29, 1.82) is 0 Å². The standard InChI is InChI=1S/C9H12BrNO2S/c1-3-14(12,13)11-9-6-8(10)5-4-7(9)2/h4-6,11H,3H2,1-2H3. The van der Waals surface area contributed by atoms with Crippen LogP contribution >= 0.6 is 15.9 Å². The number of hydrogen-bond donors (Lipinski definition) is 1. The molecule has 0 fully saturated rings. The number of anilines is 1. The molecule has 1 rings (SSSR count). The summed E-state index contributed by atoms with van der Waals surface area (Å²) in [6, 6.07) is 5.49. The number of hydrogen-bond acceptors (Lipinski definition) is 2. The van der Waals surface area contributed by atoms with Crippen LogP contribution in [0.15, 0.2) is 22.7 Å². The van der Waals surface area contributed by atoms with Crippen molar-refractivity contribution in [1.82, 2.24) is 0 Å². The Morgan fingerprint density at radius 2 is 2.07 bits per heavy atom. The van der Waals surface area contributed by atoms with Gasteiger partial charge in [0.15, 0.2) is 0 Å². The summed E-state index contributed by atoms with van der Waals surface area (Å²) in [6.07, 6.45) is 0. The van der Waals surface area contributed by atoms with E-state index in [1.807, 2.05) is 19.1 Å². The largest absolute Gasteiger partial charge is 0.283 e. The van der Waals surface area contributed by atoms with Crippen LogP contribution in [0.25, 0.3) is 0 Å². The SMILES string of the molecule is CCS(=O)(=O)Nc1cc(Br)ccc1C. The van der Waals surface area contributed by atoms with Crippen molar-refractivity contribution in [3.8, 4) is 0 Å². The molecule has 0 amide bonds. The molecule has 0 spiro atoms. The van der Waals surface area contributed by atoms with Crippen molar-refractivity contribution < 1.29 is 8.42 Å². The smallest absolute Gasteiger partial charge is 0.232 e. The molecule has 1 aromatic carbocycles. The van der Waals surface area contributed by atoms with E-state index in [2.05, 4.69) is 20.7 Å². The van der Waals surface area contributed by atoms with E-state index in [-0.39, 0.29) is 5.75 Å². The Bertz CT molecular complexity index is 428. The maximum absolute atomic E-state index is 11.3. The van der Waals surface area contributed by atoms with E-state index in [0.717, 1.165) is 10.0 Å². The molecule has 0 unspecified atom stereocenters. The summed E-state index contributed by atoms with van der Waals surface area (Å²) in [7, 11) is -3.18. The molecule has 0 bridgehead atoms. The van der Waals surface area contributed by atoms with Gasteiger partial charge in [0.05, 0.1) is 11.4 Å². The van der Waals surface area contributed by atoms with Crippen LogP contribution < -0.4 is 4.72 Å². The molecule has 0 radical (unpaired) electrons. The summed E-state index contributed by atoms with van der Waals surface area (Å²) < 4.78 is 26.0. The van der Waals surface area contributed by atoms with Gasteiger partial charge >= 0.3 is 0 Å². The lowest BCUT2D eigenvalue weighted by atomic mass is 10.2. The first-order chi connectivity index (χ1) is 6.44. The molecule has 0 atom stereocenters. The molecule has 14 heavy (non-hydrogen) atoms. The zero-order valence-corrected chi connectivity index (χ0v) is 10.4. The van der Waals surface area contributed by atoms with E-state index in [9.17, 15) is 8.42 Å². The highest BCUT2D eigenvalue weighted by Gasteiger charge is 2.08. The highest BCUT2D eigenvalue weighted by Crippen LogP contribution is 2.21. The molecule has 0 aliphatic carbocycles. The minimum absolute atomic E-state index is 0.0823. The van der Waals surface area contributed by atoms with E-state index in [1.54, 1.807) is 13.0 Å². The van der Waals surface area contributed by atoms with Gasteiger partial charge < -0.3 is 0 Å². The first-order valence-electron chi connectivity index (χ1n) is 4.21. The minimum Gasteiger partial charge on any atom is -0.283 e. The van der Waals surface area contributed by atoms with Gasteiger partial charge in [0.2, 0.25) is 10.0 Å². The van der Waals surface area contributed by atoms with Gasteiger partial charge in [0.1, 0.15) is 0 Å². The Morgan fingerprint density at radius 3 is 2.64 bits per heavy atom. The Labute approximate surface area is 92.7 Å². The van der Waals surface area contributed by atoms with Crippen LogP contribution in [0, 0.1) is 6.92 Å². The fourth-order valence-corrected chi connectivity index (χ4v) is 2.00. The highest BCUT2D eigenvalue weighted by molar-refractivity contribution is 9.10. The van der Waals surface area contributed by atoms with Crippen LogP contribution in [-0.2, 0) is 10.0 Å². The van der Waals surface area contributed by atoms with Gasteiger partial charge in [0, 0.05) is 4.47 Å². The van der Waals surface area contributed by atoms with Crippen LogP contribution in [0.1, 0.15) is 12.5 Å². The Hall–Kier alpha value is -0.550. The summed E-state index contributed by atoms with van der Waals surface area (Å²) in [6.45, 7) is 3.47. The van der Waals surface area contributed by atoms with Crippen molar-refractivity contribution >= 4 is 31.6 Å². The molecule has 0 heterocycles. The molecule has 0 saturated heterocycles. The quantitative estimate of drug-likeness (QED) is 0.923. The van der Waals surface area contributed by atoms with Gasteiger partial charge in [-0.3, -0.25) is 4.72 Å². The molecule has 0 aliphatic heterocycles. The Balaban J connectivity index is 3.03. The third-order valence-electron chi connectivity index (χ3n) is 1.85. The average Bonchev–Trinajstić information content (AvgIpc) is 2.11. The minimum atomic E-state index is -3.18. The van der Waals surface area contributed by atoms with Gasteiger partial charge in [-0.25, -0.2) is 8.42 Å². The van der Waals surface area contributed by atoms with E-state index in [1.165, 1.54) is 0 Å². The molecule has 0 saturated carbocycles. The fraction of sp³-hybridized carbons (Fsp3) is 0.333. The first kappa shape index (κ1) is 11.5. The third-order valence-corrected chi connectivity index (χ3v) is 3.63. The second-order valence-corrected chi connectivity index (χ2v) is 5.89. The van der Waals surface area contributed by atoms with E-state index in [0.29, 0.717) is 5.69 Å². The highest BCUT2D eigenvalue weighted by atomic mass is 79.9. The normalized spacial score (nSPS) is 11.4. The lowest BCUT2D eigenvalue weighted by molar-refractivity contribution is 0.602. The molecule has 1 aromatic rings. The number of rotatable bonds is 3. The van der Waals surface area contributed by atoms with Gasteiger partial charge in [-0.2, -0.15) is 0 Å². The summed E-state index contributed by atoms with van der Waals surface area (Å²) >= 11 is 3.29. The Morgan fingerprint density at radius 1 is 1.43 bits per heavy atom. The summed E-state index contributed by atoms with van der Waals surface area (Å²) in [5, 5.41) is 0. The number of benzene rings is 1. The van der Waals surface area contributed by atoms with Crippen LogP contribution in [0.3, 0.4) is 0 Å². The summed E-state index contributed by atoms with van der Waals surface area (Å²) in [4.78, 5) is 0. The van der Waals surface area contributed by atoms with Crippen molar-refractivity contribution in [3.63, 3.8) is 0 Å². The van der Waals surface area contributed by atoms with Crippen LogP contribution in [0.5, 0.6) is 0 Å². The third kappa shape index (κ3) is 2.99. The maximum Gasteiger partial charge on any atom is 0.232 e. The second-order valence-electron chi connectivity index (χ2n) is 2.96. The topological polar surface area (TPSA) is 46.2 Å². The molecule has 78 valence electrons. The van der Waals surface area contributed by atoms with Gasteiger partial charge in [-0.05, 0) is 31.5 Å². The predicted octanol–water partition coefficient (Wildman–Crippen LogP) is 2.52. The average molecular weight is 278 g/mol. The van der Waals surface area contributed by atoms with E-state index >= 15 is 0 Å². The van der Waals surface area contributed by atoms with Crippen molar-refractivity contribution in [2.24, 2.45) is 0 Å². The van der Waals surface area contributed by atoms with E-state index < -0.39 is 10.0 Å². The molecule has 0 aliphatic rings. The fourth-order valence-electron chi connectivity index (χ4n) is 0.944. The van der Waals surface area contributed by atoms with Crippen molar-refractivity contribution in [2.75, 3.05) is 10.5 Å². The maximum atomic E-state index is 11.3. The second kappa shape index (κ2) is 4.31. The van der Waals surface area contributed by atoms with Crippen LogP contribution in [-0.4, -0.2) is 14.2 Å². The van der Waals surface area contributed by atoms with Gasteiger partial charge in [-0.1, -0.05) is 22.0 Å². The number of sulfonamides is 1.